The number of nitrogens with zero attached hydrogens (tertiary/aromatic N) is 2. The molecule has 100 valence electrons. The largest absolute Gasteiger partial charge is 0.497 e. The molecule has 1 aromatic heterocycles. The molecule has 0 saturated carbocycles. The van der Waals surface area contributed by atoms with Crippen LogP contribution in [0.3, 0.4) is 0 Å². The predicted octanol–water partition coefficient (Wildman–Crippen LogP) is 3.15. The zero-order valence-corrected chi connectivity index (χ0v) is 11.5. The number of rotatable bonds is 5. The lowest BCUT2D eigenvalue weighted by molar-refractivity contribution is 0.230. The first-order valence-electron chi connectivity index (χ1n) is 6.26. The number of methoxy groups -OCH3 is 1. The molecule has 0 aliphatic carbocycles. The summed E-state index contributed by atoms with van der Waals surface area (Å²) in [6.07, 6.45) is 2.49. The van der Waals surface area contributed by atoms with Gasteiger partial charge in [-0.3, -0.25) is 0 Å². The Balaban J connectivity index is 2.54. The molecule has 0 amide bonds. The van der Waals surface area contributed by atoms with Gasteiger partial charge >= 0.3 is 0 Å². The lowest BCUT2D eigenvalue weighted by Crippen LogP contribution is -2.10. The summed E-state index contributed by atoms with van der Waals surface area (Å²) in [7, 11) is 1.63. The molecule has 0 N–H and O–H groups in total. The standard InChI is InChI=1S/C15H18N2O2/c1-5-6-13-15(19-10(2)3)17-14-9-11(18-4)7-8-12(14)16-13/h5,7-10H,1,6H2,2-4H3. The minimum atomic E-state index is 0.0564. The first-order valence-corrected chi connectivity index (χ1v) is 6.26. The Bertz CT molecular complexity index is 594. The number of ether oxygens (including phenoxy) is 2. The Morgan fingerprint density at radius 2 is 2.05 bits per heavy atom. The molecule has 0 aliphatic rings. The van der Waals surface area contributed by atoms with Crippen molar-refractivity contribution in [3.8, 4) is 11.6 Å². The molecule has 2 rings (SSSR count). The Morgan fingerprint density at radius 1 is 1.26 bits per heavy atom. The van der Waals surface area contributed by atoms with Gasteiger partial charge in [0.25, 0.3) is 0 Å². The van der Waals surface area contributed by atoms with E-state index in [0.29, 0.717) is 12.3 Å². The molecule has 0 aliphatic heterocycles. The van der Waals surface area contributed by atoms with Crippen molar-refractivity contribution in [1.82, 2.24) is 9.97 Å². The topological polar surface area (TPSA) is 44.2 Å². The highest BCUT2D eigenvalue weighted by Gasteiger charge is 2.11. The van der Waals surface area contributed by atoms with E-state index in [1.54, 1.807) is 13.2 Å². The van der Waals surface area contributed by atoms with Gasteiger partial charge in [-0.1, -0.05) is 6.08 Å². The molecule has 0 spiro atoms. The average Bonchev–Trinajstić information content (AvgIpc) is 2.38. The van der Waals surface area contributed by atoms with Crippen molar-refractivity contribution in [2.45, 2.75) is 26.4 Å². The van der Waals surface area contributed by atoms with Gasteiger partial charge in [0.05, 0.1) is 24.2 Å². The maximum Gasteiger partial charge on any atom is 0.236 e. The summed E-state index contributed by atoms with van der Waals surface area (Å²) >= 11 is 0. The minimum absolute atomic E-state index is 0.0564. The summed E-state index contributed by atoms with van der Waals surface area (Å²) in [5.74, 6) is 1.32. The molecule has 0 radical (unpaired) electrons. The van der Waals surface area contributed by atoms with Crippen LogP contribution >= 0.6 is 0 Å². The summed E-state index contributed by atoms with van der Waals surface area (Å²) in [5, 5.41) is 0. The second kappa shape index (κ2) is 5.69. The Kier molecular flexibility index (Phi) is 4.00. The Morgan fingerprint density at radius 3 is 2.68 bits per heavy atom. The van der Waals surface area contributed by atoms with Crippen LogP contribution in [0.2, 0.25) is 0 Å². The SMILES string of the molecule is C=CCc1nc2ccc(OC)cc2nc1OC(C)C. The zero-order chi connectivity index (χ0) is 13.8. The van der Waals surface area contributed by atoms with Crippen LogP contribution in [0.5, 0.6) is 11.6 Å². The predicted molar refractivity (Wildman–Crippen MR) is 75.8 cm³/mol. The molecular weight excluding hydrogens is 240 g/mol. The van der Waals surface area contributed by atoms with Crippen molar-refractivity contribution in [3.05, 3.63) is 36.5 Å². The molecule has 19 heavy (non-hydrogen) atoms. The molecule has 1 heterocycles. The molecule has 0 saturated heterocycles. The summed E-state index contributed by atoms with van der Waals surface area (Å²) in [6, 6.07) is 5.62. The summed E-state index contributed by atoms with van der Waals surface area (Å²) < 4.78 is 10.9. The number of hydrogen-bond donors (Lipinski definition) is 0. The van der Waals surface area contributed by atoms with E-state index in [1.807, 2.05) is 32.0 Å². The van der Waals surface area contributed by atoms with Gasteiger partial charge in [-0.15, -0.1) is 6.58 Å². The fourth-order valence-electron chi connectivity index (χ4n) is 1.77. The summed E-state index contributed by atoms with van der Waals surface area (Å²) in [6.45, 7) is 7.68. The van der Waals surface area contributed by atoms with Gasteiger partial charge in [0.1, 0.15) is 11.4 Å². The van der Waals surface area contributed by atoms with E-state index in [9.17, 15) is 0 Å². The second-order valence-corrected chi connectivity index (χ2v) is 4.49. The van der Waals surface area contributed by atoms with Crippen LogP contribution in [0.1, 0.15) is 19.5 Å². The highest BCUT2D eigenvalue weighted by molar-refractivity contribution is 5.76. The van der Waals surface area contributed by atoms with Crippen LogP contribution in [0.25, 0.3) is 11.0 Å². The minimum Gasteiger partial charge on any atom is -0.497 e. The van der Waals surface area contributed by atoms with Gasteiger partial charge < -0.3 is 9.47 Å². The smallest absolute Gasteiger partial charge is 0.236 e. The molecule has 0 atom stereocenters. The van der Waals surface area contributed by atoms with Crippen LogP contribution in [-0.4, -0.2) is 23.2 Å². The number of fused-ring (bicyclic) bond motifs is 1. The molecule has 0 unspecified atom stereocenters. The second-order valence-electron chi connectivity index (χ2n) is 4.49. The molecule has 2 aromatic rings. The van der Waals surface area contributed by atoms with Crippen LogP contribution in [0.15, 0.2) is 30.9 Å². The van der Waals surface area contributed by atoms with E-state index < -0.39 is 0 Å². The highest BCUT2D eigenvalue weighted by atomic mass is 16.5. The van der Waals surface area contributed by atoms with Crippen molar-refractivity contribution in [2.75, 3.05) is 7.11 Å². The van der Waals surface area contributed by atoms with Crippen molar-refractivity contribution in [3.63, 3.8) is 0 Å². The van der Waals surface area contributed by atoms with Crippen molar-refractivity contribution >= 4 is 11.0 Å². The lowest BCUT2D eigenvalue weighted by atomic mass is 10.2. The van der Waals surface area contributed by atoms with Crippen LogP contribution in [-0.2, 0) is 6.42 Å². The number of aromatic nitrogens is 2. The monoisotopic (exact) mass is 258 g/mol. The van der Waals surface area contributed by atoms with Crippen molar-refractivity contribution in [1.29, 1.82) is 0 Å². The normalized spacial score (nSPS) is 10.7. The van der Waals surface area contributed by atoms with Gasteiger partial charge in [0.2, 0.25) is 5.88 Å². The van der Waals surface area contributed by atoms with E-state index in [4.69, 9.17) is 9.47 Å². The fraction of sp³-hybridized carbons (Fsp3) is 0.333. The van der Waals surface area contributed by atoms with Gasteiger partial charge in [-0.2, -0.15) is 0 Å². The number of hydrogen-bond acceptors (Lipinski definition) is 4. The van der Waals surface area contributed by atoms with E-state index >= 15 is 0 Å². The molecule has 1 aromatic carbocycles. The molecule has 4 heteroatoms. The van der Waals surface area contributed by atoms with Gasteiger partial charge in [-0.25, -0.2) is 9.97 Å². The molecule has 0 fully saturated rings. The van der Waals surface area contributed by atoms with E-state index in [1.165, 1.54) is 0 Å². The zero-order valence-electron chi connectivity index (χ0n) is 11.5. The first-order chi connectivity index (χ1) is 9.13. The van der Waals surface area contributed by atoms with Crippen molar-refractivity contribution < 1.29 is 9.47 Å². The Labute approximate surface area is 113 Å². The molecule has 0 bridgehead atoms. The average molecular weight is 258 g/mol. The lowest BCUT2D eigenvalue weighted by Gasteiger charge is -2.13. The third-order valence-electron chi connectivity index (χ3n) is 2.59. The van der Waals surface area contributed by atoms with Crippen LogP contribution < -0.4 is 9.47 Å². The summed E-state index contributed by atoms with van der Waals surface area (Å²) in [4.78, 5) is 9.11. The number of benzene rings is 1. The van der Waals surface area contributed by atoms with Gasteiger partial charge in [-0.05, 0) is 26.0 Å². The van der Waals surface area contributed by atoms with E-state index in [0.717, 1.165) is 22.5 Å². The van der Waals surface area contributed by atoms with Gasteiger partial charge in [0, 0.05) is 12.5 Å². The Hall–Kier alpha value is -2.10. The first kappa shape index (κ1) is 13.3. The highest BCUT2D eigenvalue weighted by Crippen LogP contribution is 2.23. The van der Waals surface area contributed by atoms with Gasteiger partial charge in [0.15, 0.2) is 0 Å². The quantitative estimate of drug-likeness (QED) is 0.773. The van der Waals surface area contributed by atoms with Crippen LogP contribution in [0.4, 0.5) is 0 Å². The van der Waals surface area contributed by atoms with Crippen LogP contribution in [0, 0.1) is 0 Å². The third kappa shape index (κ3) is 3.02. The molecular formula is C15H18N2O2. The molecule has 4 nitrogen and oxygen atoms in total. The number of allylic oxidation sites excluding steroid dienone is 1. The van der Waals surface area contributed by atoms with Crippen molar-refractivity contribution in [2.24, 2.45) is 0 Å². The maximum absolute atomic E-state index is 5.72. The third-order valence-corrected chi connectivity index (χ3v) is 2.59. The summed E-state index contributed by atoms with van der Waals surface area (Å²) in [5.41, 5.74) is 2.40. The van der Waals surface area contributed by atoms with E-state index in [2.05, 4.69) is 16.5 Å². The van der Waals surface area contributed by atoms with E-state index in [-0.39, 0.29) is 6.10 Å². The maximum atomic E-state index is 5.72. The fourth-order valence-corrected chi connectivity index (χ4v) is 1.77.